The fraction of sp³-hybridized carbons (Fsp3) is 0.448. The number of carbonyl (C=O) groups excluding carboxylic acids is 2. The normalized spacial score (nSPS) is 17.7. The molecule has 2 aromatic carbocycles. The largest absolute Gasteiger partial charge is 0.493 e. The maximum absolute atomic E-state index is 12.8. The Morgan fingerprint density at radius 2 is 1.57 bits per heavy atom. The molecule has 1 aliphatic carbocycles. The number of nitrogens with zero attached hydrogens (tertiary/aromatic N) is 1. The van der Waals surface area contributed by atoms with Gasteiger partial charge in [0.1, 0.15) is 17.4 Å². The van der Waals surface area contributed by atoms with Crippen LogP contribution in [0.4, 0.5) is 10.5 Å². The number of likely N-dealkylation sites (tertiary alicyclic amines) is 1. The molecule has 0 aromatic heterocycles. The fourth-order valence-electron chi connectivity index (χ4n) is 4.09. The summed E-state index contributed by atoms with van der Waals surface area (Å²) in [4.78, 5) is 26.8. The monoisotopic (exact) mass is 474 g/mol. The van der Waals surface area contributed by atoms with Gasteiger partial charge in [-0.2, -0.15) is 0 Å². The Labute approximate surface area is 208 Å². The minimum absolute atomic E-state index is 0.202. The van der Waals surface area contributed by atoms with Gasteiger partial charge in [0.05, 0.1) is 6.61 Å². The lowest BCUT2D eigenvalue weighted by molar-refractivity contribution is -0.120. The summed E-state index contributed by atoms with van der Waals surface area (Å²) in [6, 6.07) is 14.7. The molecule has 6 heteroatoms. The van der Waals surface area contributed by atoms with E-state index in [0.29, 0.717) is 24.6 Å². The van der Waals surface area contributed by atoms with Gasteiger partial charge in [0.25, 0.3) is 0 Å². The van der Waals surface area contributed by atoms with Crippen molar-refractivity contribution in [2.24, 2.45) is 5.92 Å². The lowest BCUT2D eigenvalue weighted by atomic mass is 9.86. The zero-order valence-electron chi connectivity index (χ0n) is 20.8. The summed E-state index contributed by atoms with van der Waals surface area (Å²) < 4.78 is 11.3. The first-order chi connectivity index (χ1) is 16.8. The van der Waals surface area contributed by atoms with E-state index in [1.54, 1.807) is 0 Å². The van der Waals surface area contributed by atoms with E-state index in [1.165, 1.54) is 24.2 Å². The van der Waals surface area contributed by atoms with Crippen LogP contribution in [0.25, 0.3) is 0 Å². The maximum atomic E-state index is 12.8. The Bertz CT molecular complexity index is 1090. The van der Waals surface area contributed by atoms with Crippen LogP contribution in [0.5, 0.6) is 5.75 Å². The number of benzene rings is 2. The number of amides is 2. The number of nitrogens with one attached hydrogen (secondary N) is 1. The molecule has 184 valence electrons. The molecule has 1 N–H and O–H groups in total. The van der Waals surface area contributed by atoms with Crippen molar-refractivity contribution in [2.45, 2.75) is 64.5 Å². The molecule has 1 aliphatic heterocycles. The number of ether oxygens (including phenoxy) is 2. The fourth-order valence-corrected chi connectivity index (χ4v) is 4.09. The van der Waals surface area contributed by atoms with Crippen LogP contribution >= 0.6 is 0 Å². The second-order valence-electron chi connectivity index (χ2n) is 10.3. The summed E-state index contributed by atoms with van der Waals surface area (Å²) in [5.74, 6) is 7.72. The van der Waals surface area contributed by atoms with Gasteiger partial charge in [0.2, 0.25) is 5.91 Å². The SMILES string of the molecule is CC(C)(C)OC(=O)N1CCC[C@@H]1C(=O)Nc1ccc(C#Cc2ccc(OCC3CCC3)cc2)cc1. The predicted molar refractivity (Wildman–Crippen MR) is 136 cm³/mol. The molecule has 2 aliphatic rings. The second kappa shape index (κ2) is 10.9. The van der Waals surface area contributed by atoms with Crippen molar-refractivity contribution in [3.63, 3.8) is 0 Å². The lowest BCUT2D eigenvalue weighted by Crippen LogP contribution is -2.45. The zero-order chi connectivity index (χ0) is 24.8. The van der Waals surface area contributed by atoms with Gasteiger partial charge in [-0.15, -0.1) is 0 Å². The van der Waals surface area contributed by atoms with Gasteiger partial charge in [0, 0.05) is 23.4 Å². The zero-order valence-corrected chi connectivity index (χ0v) is 20.8. The molecule has 0 radical (unpaired) electrons. The third-order valence-electron chi connectivity index (χ3n) is 6.25. The van der Waals surface area contributed by atoms with Gasteiger partial charge in [-0.25, -0.2) is 4.79 Å². The van der Waals surface area contributed by atoms with Crippen LogP contribution in [0.3, 0.4) is 0 Å². The molecule has 1 saturated heterocycles. The Balaban J connectivity index is 1.30. The minimum atomic E-state index is -0.594. The highest BCUT2D eigenvalue weighted by Crippen LogP contribution is 2.27. The molecular formula is C29H34N2O4. The summed E-state index contributed by atoms with van der Waals surface area (Å²) in [5.41, 5.74) is 1.85. The first-order valence-electron chi connectivity index (χ1n) is 12.4. The molecule has 0 bridgehead atoms. The summed E-state index contributed by atoms with van der Waals surface area (Å²) in [6.45, 7) is 6.78. The topological polar surface area (TPSA) is 67.9 Å². The quantitative estimate of drug-likeness (QED) is 0.573. The van der Waals surface area contributed by atoms with E-state index in [1.807, 2.05) is 69.3 Å². The number of carbonyl (C=O) groups is 2. The molecule has 6 nitrogen and oxygen atoms in total. The molecule has 1 heterocycles. The van der Waals surface area contributed by atoms with Crippen LogP contribution in [0.15, 0.2) is 48.5 Å². The first-order valence-corrected chi connectivity index (χ1v) is 12.4. The number of hydrogen-bond donors (Lipinski definition) is 1. The van der Waals surface area contributed by atoms with Crippen molar-refractivity contribution in [2.75, 3.05) is 18.5 Å². The number of rotatable bonds is 5. The van der Waals surface area contributed by atoms with Gasteiger partial charge in [-0.05, 0) is 101 Å². The highest BCUT2D eigenvalue weighted by molar-refractivity contribution is 5.96. The van der Waals surface area contributed by atoms with Gasteiger partial charge in [0.15, 0.2) is 0 Å². The van der Waals surface area contributed by atoms with Gasteiger partial charge in [-0.3, -0.25) is 9.69 Å². The molecule has 2 amide bonds. The smallest absolute Gasteiger partial charge is 0.410 e. The van der Waals surface area contributed by atoms with Crippen LogP contribution in [-0.4, -0.2) is 41.7 Å². The van der Waals surface area contributed by atoms with Gasteiger partial charge in [-0.1, -0.05) is 18.3 Å². The van der Waals surface area contributed by atoms with Crippen molar-refractivity contribution in [3.05, 3.63) is 59.7 Å². The van der Waals surface area contributed by atoms with Crippen molar-refractivity contribution < 1.29 is 19.1 Å². The van der Waals surface area contributed by atoms with E-state index in [0.717, 1.165) is 29.9 Å². The summed E-state index contributed by atoms with van der Waals surface area (Å²) in [5, 5.41) is 2.92. The number of anilines is 1. The molecular weight excluding hydrogens is 440 g/mol. The highest BCUT2D eigenvalue weighted by Gasteiger charge is 2.36. The third-order valence-corrected chi connectivity index (χ3v) is 6.25. The standard InChI is InChI=1S/C29H34N2O4/c1-29(2,3)35-28(33)31-19-5-8-26(31)27(32)30-24-15-11-21(12-16-24)9-10-22-13-17-25(18-14-22)34-20-23-6-4-7-23/h11-18,23,26H,4-8,19-20H2,1-3H3,(H,30,32)/t26-/m1/s1. The predicted octanol–water partition coefficient (Wildman–Crippen LogP) is 5.60. The van der Waals surface area contributed by atoms with E-state index in [4.69, 9.17) is 9.47 Å². The third kappa shape index (κ3) is 7.02. The molecule has 2 aromatic rings. The molecule has 35 heavy (non-hydrogen) atoms. The Hall–Kier alpha value is -3.46. The lowest BCUT2D eigenvalue weighted by Gasteiger charge is -2.28. The van der Waals surface area contributed by atoms with E-state index in [2.05, 4.69) is 17.2 Å². The Morgan fingerprint density at radius 1 is 0.943 bits per heavy atom. The van der Waals surface area contributed by atoms with E-state index in [-0.39, 0.29) is 5.91 Å². The molecule has 1 atom stereocenters. The average molecular weight is 475 g/mol. The maximum Gasteiger partial charge on any atom is 0.410 e. The van der Waals surface area contributed by atoms with Crippen LogP contribution in [0.1, 0.15) is 64.0 Å². The first kappa shape index (κ1) is 24.7. The van der Waals surface area contributed by atoms with Crippen LogP contribution < -0.4 is 10.1 Å². The van der Waals surface area contributed by atoms with Crippen LogP contribution in [0.2, 0.25) is 0 Å². The van der Waals surface area contributed by atoms with Crippen molar-refractivity contribution in [1.29, 1.82) is 0 Å². The van der Waals surface area contributed by atoms with Gasteiger partial charge < -0.3 is 14.8 Å². The average Bonchev–Trinajstić information content (AvgIpc) is 3.28. The van der Waals surface area contributed by atoms with Crippen LogP contribution in [0, 0.1) is 17.8 Å². The van der Waals surface area contributed by atoms with Gasteiger partial charge >= 0.3 is 6.09 Å². The van der Waals surface area contributed by atoms with Crippen molar-refractivity contribution >= 4 is 17.7 Å². The van der Waals surface area contributed by atoms with Crippen LogP contribution in [-0.2, 0) is 9.53 Å². The molecule has 4 rings (SSSR count). The molecule has 0 spiro atoms. The Morgan fingerprint density at radius 3 is 2.14 bits per heavy atom. The van der Waals surface area contributed by atoms with Crippen molar-refractivity contribution in [1.82, 2.24) is 4.90 Å². The Kier molecular flexibility index (Phi) is 7.65. The molecule has 1 saturated carbocycles. The van der Waals surface area contributed by atoms with Crippen molar-refractivity contribution in [3.8, 4) is 17.6 Å². The summed E-state index contributed by atoms with van der Waals surface area (Å²) >= 11 is 0. The summed E-state index contributed by atoms with van der Waals surface area (Å²) in [6.07, 6.45) is 4.83. The molecule has 2 fully saturated rings. The minimum Gasteiger partial charge on any atom is -0.493 e. The summed E-state index contributed by atoms with van der Waals surface area (Å²) in [7, 11) is 0. The van der Waals surface area contributed by atoms with E-state index in [9.17, 15) is 9.59 Å². The second-order valence-corrected chi connectivity index (χ2v) is 10.3. The number of hydrogen-bond acceptors (Lipinski definition) is 4. The van der Waals surface area contributed by atoms with E-state index >= 15 is 0 Å². The van der Waals surface area contributed by atoms with E-state index < -0.39 is 17.7 Å². The highest BCUT2D eigenvalue weighted by atomic mass is 16.6. The molecule has 0 unspecified atom stereocenters.